The van der Waals surface area contributed by atoms with Crippen molar-refractivity contribution in [2.75, 3.05) is 23.9 Å². The highest BCUT2D eigenvalue weighted by Gasteiger charge is 2.09. The van der Waals surface area contributed by atoms with Gasteiger partial charge in [0.1, 0.15) is 17.5 Å². The molecule has 0 aliphatic carbocycles. The summed E-state index contributed by atoms with van der Waals surface area (Å²) in [6, 6.07) is 15.1. The number of rotatable bonds is 6. The van der Waals surface area contributed by atoms with Crippen LogP contribution in [0.25, 0.3) is 0 Å². The van der Waals surface area contributed by atoms with Gasteiger partial charge in [0.05, 0.1) is 4.90 Å². The van der Waals surface area contributed by atoms with E-state index >= 15 is 0 Å². The van der Waals surface area contributed by atoms with Crippen molar-refractivity contribution < 1.29 is 13.2 Å². The smallest absolute Gasteiger partial charge is 0.175 e. The van der Waals surface area contributed by atoms with E-state index in [4.69, 9.17) is 0 Å². The van der Waals surface area contributed by atoms with Gasteiger partial charge in [0, 0.05) is 36.4 Å². The summed E-state index contributed by atoms with van der Waals surface area (Å²) in [7, 11) is -1.73. The highest BCUT2D eigenvalue weighted by atomic mass is 32.2. The molecule has 0 atom stereocenters. The SMILES string of the molecule is C/N=C(Nc1ccc(S(C)(=O)=O)cc1)\C(C#N)=C/Nc1ccc(C(C)=O)cc1. The van der Waals surface area contributed by atoms with Crippen LogP contribution in [0.15, 0.2) is 70.2 Å². The second-order valence-corrected chi connectivity index (χ2v) is 7.96. The molecule has 8 heteroatoms. The number of nitrogens with zero attached hydrogens (tertiary/aromatic N) is 2. The molecule has 0 amide bonds. The van der Waals surface area contributed by atoms with E-state index in [0.29, 0.717) is 22.8 Å². The zero-order valence-corrected chi connectivity index (χ0v) is 16.5. The minimum Gasteiger partial charge on any atom is -0.360 e. The Morgan fingerprint density at radius 2 is 1.64 bits per heavy atom. The topological polar surface area (TPSA) is 111 Å². The highest BCUT2D eigenvalue weighted by Crippen LogP contribution is 2.15. The van der Waals surface area contributed by atoms with Crippen molar-refractivity contribution in [1.29, 1.82) is 5.26 Å². The first kappa shape index (κ1) is 20.9. The van der Waals surface area contributed by atoms with Crippen molar-refractivity contribution in [1.82, 2.24) is 0 Å². The van der Waals surface area contributed by atoms with Gasteiger partial charge in [-0.15, -0.1) is 0 Å². The number of benzene rings is 2. The molecular weight excluding hydrogens is 376 g/mol. The minimum atomic E-state index is -3.28. The number of hydrogen-bond acceptors (Lipinski definition) is 6. The molecule has 0 saturated heterocycles. The Morgan fingerprint density at radius 1 is 1.07 bits per heavy atom. The van der Waals surface area contributed by atoms with Crippen LogP contribution in [0.4, 0.5) is 11.4 Å². The number of nitriles is 1. The molecule has 2 N–H and O–H groups in total. The summed E-state index contributed by atoms with van der Waals surface area (Å²) in [6.45, 7) is 1.49. The van der Waals surface area contributed by atoms with Crippen LogP contribution < -0.4 is 10.6 Å². The van der Waals surface area contributed by atoms with Crippen LogP contribution in [0.3, 0.4) is 0 Å². The molecule has 2 aromatic carbocycles. The summed E-state index contributed by atoms with van der Waals surface area (Å²) < 4.78 is 23.1. The summed E-state index contributed by atoms with van der Waals surface area (Å²) in [5.74, 6) is 0.300. The van der Waals surface area contributed by atoms with Crippen molar-refractivity contribution >= 4 is 32.8 Å². The number of anilines is 2. The lowest BCUT2D eigenvalue weighted by Crippen LogP contribution is -2.15. The van der Waals surface area contributed by atoms with Crippen molar-refractivity contribution in [3.05, 3.63) is 65.9 Å². The Bertz CT molecular complexity index is 1060. The first-order valence-electron chi connectivity index (χ1n) is 8.26. The highest BCUT2D eigenvalue weighted by molar-refractivity contribution is 7.90. The maximum Gasteiger partial charge on any atom is 0.175 e. The third kappa shape index (κ3) is 5.53. The van der Waals surface area contributed by atoms with Crippen molar-refractivity contribution in [3.63, 3.8) is 0 Å². The van der Waals surface area contributed by atoms with Gasteiger partial charge in [0.15, 0.2) is 15.6 Å². The number of nitrogens with one attached hydrogen (secondary N) is 2. The summed E-state index contributed by atoms with van der Waals surface area (Å²) >= 11 is 0. The zero-order valence-electron chi connectivity index (χ0n) is 15.7. The van der Waals surface area contributed by atoms with Crippen LogP contribution in [-0.4, -0.2) is 33.3 Å². The summed E-state index contributed by atoms with van der Waals surface area (Å²) in [6.07, 6.45) is 2.64. The van der Waals surface area contributed by atoms with E-state index in [1.54, 1.807) is 43.4 Å². The maximum absolute atomic E-state index is 11.5. The predicted molar refractivity (Wildman–Crippen MR) is 110 cm³/mol. The van der Waals surface area contributed by atoms with Gasteiger partial charge in [-0.1, -0.05) is 0 Å². The average Bonchev–Trinajstić information content (AvgIpc) is 2.67. The molecule has 0 unspecified atom stereocenters. The number of aliphatic imine (C=N–C) groups is 1. The van der Waals surface area contributed by atoms with Gasteiger partial charge in [0.25, 0.3) is 0 Å². The fourth-order valence-electron chi connectivity index (χ4n) is 2.28. The third-order valence-corrected chi connectivity index (χ3v) is 4.95. The van der Waals surface area contributed by atoms with Crippen LogP contribution in [0.2, 0.25) is 0 Å². The molecule has 0 spiro atoms. The molecule has 0 aliphatic rings. The Balaban J connectivity index is 2.15. The molecule has 0 aromatic heterocycles. The van der Waals surface area contributed by atoms with E-state index < -0.39 is 9.84 Å². The molecule has 0 heterocycles. The summed E-state index contributed by atoms with van der Waals surface area (Å²) in [4.78, 5) is 15.6. The maximum atomic E-state index is 11.5. The van der Waals surface area contributed by atoms with Crippen molar-refractivity contribution in [2.45, 2.75) is 11.8 Å². The quantitative estimate of drug-likeness (QED) is 0.335. The molecule has 0 saturated carbocycles. The molecule has 28 heavy (non-hydrogen) atoms. The molecule has 0 radical (unpaired) electrons. The molecular formula is C20H20N4O3S. The number of hydrogen-bond donors (Lipinski definition) is 2. The van der Waals surface area contributed by atoms with Crippen LogP contribution in [0, 0.1) is 11.3 Å². The molecule has 144 valence electrons. The van der Waals surface area contributed by atoms with Gasteiger partial charge in [-0.3, -0.25) is 9.79 Å². The van der Waals surface area contributed by atoms with Gasteiger partial charge < -0.3 is 10.6 Å². The van der Waals surface area contributed by atoms with Crippen molar-refractivity contribution in [3.8, 4) is 6.07 Å². The lowest BCUT2D eigenvalue weighted by atomic mass is 10.1. The van der Waals surface area contributed by atoms with Gasteiger partial charge in [0.2, 0.25) is 0 Å². The molecule has 0 aliphatic heterocycles. The Labute approximate surface area is 164 Å². The average molecular weight is 396 g/mol. The monoisotopic (exact) mass is 396 g/mol. The molecule has 0 fully saturated rings. The van der Waals surface area contributed by atoms with E-state index in [9.17, 15) is 18.5 Å². The lowest BCUT2D eigenvalue weighted by molar-refractivity contribution is 0.101. The van der Waals surface area contributed by atoms with Gasteiger partial charge in [-0.2, -0.15) is 5.26 Å². The zero-order chi connectivity index (χ0) is 20.7. The van der Waals surface area contributed by atoms with E-state index in [0.717, 1.165) is 6.26 Å². The van der Waals surface area contributed by atoms with Crippen LogP contribution in [0.1, 0.15) is 17.3 Å². The second-order valence-electron chi connectivity index (χ2n) is 5.94. The van der Waals surface area contributed by atoms with E-state index in [-0.39, 0.29) is 16.3 Å². The predicted octanol–water partition coefficient (Wildman–Crippen LogP) is 3.25. The van der Waals surface area contributed by atoms with Crippen LogP contribution in [-0.2, 0) is 9.84 Å². The van der Waals surface area contributed by atoms with Crippen molar-refractivity contribution in [2.24, 2.45) is 4.99 Å². The molecule has 0 bridgehead atoms. The second kappa shape index (κ2) is 8.97. The van der Waals surface area contributed by atoms with Gasteiger partial charge in [-0.05, 0) is 55.5 Å². The fraction of sp³-hybridized carbons (Fsp3) is 0.150. The first-order chi connectivity index (χ1) is 13.2. The van der Waals surface area contributed by atoms with E-state index in [2.05, 4.69) is 21.7 Å². The van der Waals surface area contributed by atoms with Crippen LogP contribution >= 0.6 is 0 Å². The molecule has 2 rings (SSSR count). The number of sulfone groups is 1. The van der Waals surface area contributed by atoms with E-state index in [1.807, 2.05) is 0 Å². The van der Waals surface area contributed by atoms with Crippen LogP contribution in [0.5, 0.6) is 0 Å². The fourth-order valence-corrected chi connectivity index (χ4v) is 2.91. The number of Topliss-reactive ketones (excluding diaryl/α,β-unsaturated/α-hetero) is 1. The molecule has 7 nitrogen and oxygen atoms in total. The Morgan fingerprint density at radius 3 is 2.11 bits per heavy atom. The summed E-state index contributed by atoms with van der Waals surface area (Å²) in [5.41, 5.74) is 2.17. The number of carbonyl (C=O) groups is 1. The largest absolute Gasteiger partial charge is 0.360 e. The third-order valence-electron chi connectivity index (χ3n) is 3.82. The van der Waals surface area contributed by atoms with Gasteiger partial charge in [-0.25, -0.2) is 8.42 Å². The van der Waals surface area contributed by atoms with E-state index in [1.165, 1.54) is 25.3 Å². The lowest BCUT2D eigenvalue weighted by Gasteiger charge is -2.10. The Kier molecular flexibility index (Phi) is 6.69. The number of amidine groups is 1. The minimum absolute atomic E-state index is 0.0219. The molecule has 2 aromatic rings. The Hall–Kier alpha value is -3.44. The number of ketones is 1. The standard InChI is InChI=1S/C20H20N4O3S/c1-14(25)15-4-6-17(7-5-15)23-13-16(12-21)20(22-2)24-18-8-10-19(11-9-18)28(3,26)27/h4-11,13,23H,1-3H3,(H,22,24)/b16-13-. The normalized spacial score (nSPS) is 12.2. The number of carbonyl (C=O) groups excluding carboxylic acids is 1. The first-order valence-corrected chi connectivity index (χ1v) is 10.2. The summed E-state index contributed by atoms with van der Waals surface area (Å²) in [5, 5.41) is 15.4. The van der Waals surface area contributed by atoms with Gasteiger partial charge >= 0.3 is 0 Å².